The summed E-state index contributed by atoms with van der Waals surface area (Å²) in [5, 5.41) is 0. The van der Waals surface area contributed by atoms with E-state index in [2.05, 4.69) is 83.1 Å². The van der Waals surface area contributed by atoms with Crippen LogP contribution in [-0.4, -0.2) is 12.2 Å². The highest BCUT2D eigenvalue weighted by molar-refractivity contribution is 5.05. The first-order chi connectivity index (χ1) is 15.6. The molecular weight excluding hydrogens is 416 g/mol. The maximum atomic E-state index is 6.20. The summed E-state index contributed by atoms with van der Waals surface area (Å²) in [4.78, 5) is 12.4. The number of hydrogen-bond donors (Lipinski definition) is 0. The summed E-state index contributed by atoms with van der Waals surface area (Å²) in [6, 6.07) is 0. The molecule has 0 atom stereocenters. The van der Waals surface area contributed by atoms with E-state index in [-0.39, 0.29) is 12.2 Å². The zero-order chi connectivity index (χ0) is 26.1. The van der Waals surface area contributed by atoms with Crippen molar-refractivity contribution in [3.8, 4) is 0 Å². The molecule has 0 spiro atoms. The first kappa shape index (κ1) is 30.1. The Hall–Kier alpha value is -0.0800. The summed E-state index contributed by atoms with van der Waals surface area (Å²) in [5.74, 6) is 0. The molecule has 0 saturated heterocycles. The lowest BCUT2D eigenvalue weighted by Crippen LogP contribution is -2.52. The van der Waals surface area contributed by atoms with Crippen LogP contribution in [0.2, 0.25) is 0 Å². The molecule has 2 heteroatoms. The second-order valence-corrected chi connectivity index (χ2v) is 14.7. The first-order valence-corrected chi connectivity index (χ1v) is 14.9. The molecule has 0 heterocycles. The van der Waals surface area contributed by atoms with Crippen molar-refractivity contribution in [2.75, 3.05) is 0 Å². The third-order valence-corrected chi connectivity index (χ3v) is 12.6. The SMILES string of the molecule is CCC(C)(C)C1(C(C)(C)CC)CCC(OOC2CCC(C(C)(C)CC)(C(C)(C)CC)CC2)CC1. The average Bonchev–Trinajstić information content (AvgIpc) is 2.82. The van der Waals surface area contributed by atoms with Crippen molar-refractivity contribution in [1.82, 2.24) is 0 Å². The molecule has 2 aliphatic rings. The van der Waals surface area contributed by atoms with Crippen molar-refractivity contribution >= 4 is 0 Å². The van der Waals surface area contributed by atoms with E-state index >= 15 is 0 Å². The Morgan fingerprint density at radius 1 is 0.471 bits per heavy atom. The third kappa shape index (κ3) is 5.16. The van der Waals surface area contributed by atoms with E-state index in [9.17, 15) is 0 Å². The topological polar surface area (TPSA) is 18.5 Å². The van der Waals surface area contributed by atoms with Gasteiger partial charge in [-0.2, -0.15) is 0 Å². The zero-order valence-electron chi connectivity index (χ0n) is 25.5. The molecule has 34 heavy (non-hydrogen) atoms. The van der Waals surface area contributed by atoms with Gasteiger partial charge < -0.3 is 0 Å². The van der Waals surface area contributed by atoms with Crippen molar-refractivity contribution in [2.45, 2.75) is 172 Å². The van der Waals surface area contributed by atoms with Gasteiger partial charge in [-0.15, -0.1) is 0 Å². The second kappa shape index (κ2) is 10.7. The van der Waals surface area contributed by atoms with Crippen molar-refractivity contribution in [2.24, 2.45) is 32.5 Å². The van der Waals surface area contributed by atoms with Gasteiger partial charge in [0.2, 0.25) is 0 Å². The number of rotatable bonds is 11. The molecule has 0 N–H and O–H groups in total. The minimum Gasteiger partial charge on any atom is -0.233 e. The van der Waals surface area contributed by atoms with E-state index in [1.165, 1.54) is 51.4 Å². The fraction of sp³-hybridized carbons (Fsp3) is 1.00. The minimum atomic E-state index is 0.263. The predicted molar refractivity (Wildman–Crippen MR) is 148 cm³/mol. The highest BCUT2D eigenvalue weighted by Gasteiger charge is 2.55. The normalized spacial score (nSPS) is 23.3. The summed E-state index contributed by atoms with van der Waals surface area (Å²) in [7, 11) is 0. The maximum Gasteiger partial charge on any atom is 0.0930 e. The van der Waals surface area contributed by atoms with Gasteiger partial charge in [0, 0.05) is 0 Å². The summed E-state index contributed by atoms with van der Waals surface area (Å²) < 4.78 is 0. The van der Waals surface area contributed by atoms with E-state index in [0.29, 0.717) is 32.5 Å². The summed E-state index contributed by atoms with van der Waals surface area (Å²) >= 11 is 0. The molecule has 0 amide bonds. The molecule has 202 valence electrons. The van der Waals surface area contributed by atoms with Crippen LogP contribution in [0.5, 0.6) is 0 Å². The summed E-state index contributed by atoms with van der Waals surface area (Å²) in [6.07, 6.45) is 15.0. The Bertz CT molecular complexity index is 533. The Labute approximate surface area is 214 Å². The first-order valence-electron chi connectivity index (χ1n) is 14.9. The second-order valence-electron chi connectivity index (χ2n) is 14.7. The van der Waals surface area contributed by atoms with Gasteiger partial charge in [-0.25, -0.2) is 9.78 Å². The molecule has 0 aromatic rings. The lowest BCUT2D eigenvalue weighted by Gasteiger charge is -2.59. The van der Waals surface area contributed by atoms with Crippen LogP contribution in [0, 0.1) is 32.5 Å². The largest absolute Gasteiger partial charge is 0.233 e. The van der Waals surface area contributed by atoms with Gasteiger partial charge in [0.25, 0.3) is 0 Å². The van der Waals surface area contributed by atoms with E-state index < -0.39 is 0 Å². The Morgan fingerprint density at radius 2 is 0.676 bits per heavy atom. The van der Waals surface area contributed by atoms with Gasteiger partial charge in [0.1, 0.15) is 0 Å². The maximum absolute atomic E-state index is 6.20. The van der Waals surface area contributed by atoms with Gasteiger partial charge in [-0.3, -0.25) is 0 Å². The molecule has 0 aromatic heterocycles. The van der Waals surface area contributed by atoms with Crippen molar-refractivity contribution in [3.05, 3.63) is 0 Å². The van der Waals surface area contributed by atoms with Gasteiger partial charge in [0.15, 0.2) is 0 Å². The van der Waals surface area contributed by atoms with Crippen LogP contribution in [0.4, 0.5) is 0 Å². The van der Waals surface area contributed by atoms with Gasteiger partial charge in [-0.05, 0) is 83.9 Å². The summed E-state index contributed by atoms with van der Waals surface area (Å²) in [6.45, 7) is 29.6. The minimum absolute atomic E-state index is 0.263. The van der Waals surface area contributed by atoms with Gasteiger partial charge >= 0.3 is 0 Å². The smallest absolute Gasteiger partial charge is 0.0930 e. The molecule has 0 aliphatic heterocycles. The fourth-order valence-electron chi connectivity index (χ4n) is 8.41. The van der Waals surface area contributed by atoms with Crippen LogP contribution < -0.4 is 0 Å². The lowest BCUT2D eigenvalue weighted by molar-refractivity contribution is -0.366. The molecule has 0 unspecified atom stereocenters. The van der Waals surface area contributed by atoms with E-state index in [4.69, 9.17) is 9.78 Å². The van der Waals surface area contributed by atoms with Crippen molar-refractivity contribution in [1.29, 1.82) is 0 Å². The molecular formula is C32H62O2. The Balaban J connectivity index is 1.99. The Kier molecular flexibility index (Phi) is 9.51. The molecule has 0 radical (unpaired) electrons. The van der Waals surface area contributed by atoms with E-state index in [0.717, 1.165) is 25.7 Å². The molecule has 0 aromatic carbocycles. The molecule has 2 rings (SSSR count). The Morgan fingerprint density at radius 3 is 0.853 bits per heavy atom. The number of hydrogen-bond acceptors (Lipinski definition) is 2. The third-order valence-electron chi connectivity index (χ3n) is 12.6. The monoisotopic (exact) mass is 478 g/mol. The lowest BCUT2D eigenvalue weighted by atomic mass is 9.46. The quantitative estimate of drug-likeness (QED) is 0.217. The zero-order valence-corrected chi connectivity index (χ0v) is 25.5. The van der Waals surface area contributed by atoms with Crippen molar-refractivity contribution < 1.29 is 9.78 Å². The highest BCUT2D eigenvalue weighted by atomic mass is 17.2. The molecule has 2 fully saturated rings. The van der Waals surface area contributed by atoms with Crippen LogP contribution in [0.15, 0.2) is 0 Å². The summed E-state index contributed by atoms with van der Waals surface area (Å²) in [5.41, 5.74) is 2.16. The molecule has 2 nitrogen and oxygen atoms in total. The van der Waals surface area contributed by atoms with Crippen LogP contribution in [-0.2, 0) is 9.78 Å². The predicted octanol–water partition coefficient (Wildman–Crippen LogP) is 10.5. The van der Waals surface area contributed by atoms with Gasteiger partial charge in [-0.1, -0.05) is 109 Å². The van der Waals surface area contributed by atoms with E-state index in [1.54, 1.807) is 0 Å². The highest BCUT2D eigenvalue weighted by Crippen LogP contribution is 2.63. The molecule has 2 saturated carbocycles. The van der Waals surface area contributed by atoms with Crippen LogP contribution >= 0.6 is 0 Å². The van der Waals surface area contributed by atoms with E-state index in [1.807, 2.05) is 0 Å². The van der Waals surface area contributed by atoms with Gasteiger partial charge in [0.05, 0.1) is 12.2 Å². The molecule has 2 aliphatic carbocycles. The fourth-order valence-corrected chi connectivity index (χ4v) is 8.41. The standard InChI is InChI=1S/C32H62O2/c1-13-27(5,6)31(28(7,8)14-2)21-17-25(18-22-31)33-34-26-19-23-32(24-20-26,29(9,10)15-3)30(11,12)16-4/h25-26H,13-24H2,1-12H3. The van der Waals surface area contributed by atoms with Crippen LogP contribution in [0.1, 0.15) is 160 Å². The average molecular weight is 479 g/mol. The molecule has 0 bridgehead atoms. The van der Waals surface area contributed by atoms with Crippen LogP contribution in [0.25, 0.3) is 0 Å². The van der Waals surface area contributed by atoms with Crippen LogP contribution in [0.3, 0.4) is 0 Å². The van der Waals surface area contributed by atoms with Crippen molar-refractivity contribution in [3.63, 3.8) is 0 Å².